The van der Waals surface area contributed by atoms with Crippen molar-refractivity contribution in [3.05, 3.63) is 29.8 Å². The highest BCUT2D eigenvalue weighted by Gasteiger charge is 2.25. The maximum absolute atomic E-state index is 11.6. The number of carbonyl (C=O) groups is 2. The lowest BCUT2D eigenvalue weighted by Gasteiger charge is -2.08. The Hall–Kier alpha value is -2.24. The van der Waals surface area contributed by atoms with Gasteiger partial charge in [-0.1, -0.05) is 0 Å². The van der Waals surface area contributed by atoms with E-state index in [1.54, 1.807) is 29.9 Å². The normalized spacial score (nSPS) is 11.7. The van der Waals surface area contributed by atoms with Gasteiger partial charge in [0.25, 0.3) is 0 Å². The molecule has 1 N–H and O–H groups in total. The molecule has 92 valence electrons. The van der Waals surface area contributed by atoms with E-state index in [-0.39, 0.29) is 5.57 Å². The molecule has 0 aromatic carbocycles. The van der Waals surface area contributed by atoms with Crippen LogP contribution in [0, 0.1) is 0 Å². The Morgan fingerprint density at radius 1 is 1.24 bits per heavy atom. The van der Waals surface area contributed by atoms with Crippen LogP contribution in [0.2, 0.25) is 0 Å². The van der Waals surface area contributed by atoms with E-state index in [4.69, 9.17) is 0 Å². The van der Waals surface area contributed by atoms with Crippen molar-refractivity contribution in [2.45, 2.75) is 0 Å². The van der Waals surface area contributed by atoms with Crippen molar-refractivity contribution in [3.8, 4) is 0 Å². The number of aliphatic hydroxyl groups excluding tert-OH is 1. The molecular weight excluding hydrogens is 226 g/mol. The number of esters is 2. The number of rotatable bonds is 3. The zero-order valence-electron chi connectivity index (χ0n) is 9.76. The maximum atomic E-state index is 11.6. The van der Waals surface area contributed by atoms with Crippen LogP contribution in [-0.4, -0.2) is 35.8 Å². The summed E-state index contributed by atoms with van der Waals surface area (Å²) in [5, 5.41) is 9.67. The Balaban J connectivity index is 3.37. The molecule has 0 amide bonds. The molecule has 0 atom stereocenters. The van der Waals surface area contributed by atoms with Gasteiger partial charge in [-0.2, -0.15) is 0 Å². The average molecular weight is 239 g/mol. The van der Waals surface area contributed by atoms with Crippen molar-refractivity contribution in [2.75, 3.05) is 14.2 Å². The molecule has 0 aliphatic heterocycles. The molecule has 6 heteroatoms. The van der Waals surface area contributed by atoms with Gasteiger partial charge in [0, 0.05) is 13.2 Å². The van der Waals surface area contributed by atoms with E-state index in [0.717, 1.165) is 14.2 Å². The fourth-order valence-corrected chi connectivity index (χ4v) is 1.34. The summed E-state index contributed by atoms with van der Waals surface area (Å²) in [6.07, 6.45) is 1.67. The summed E-state index contributed by atoms with van der Waals surface area (Å²) >= 11 is 0. The van der Waals surface area contributed by atoms with E-state index in [1.165, 1.54) is 0 Å². The average Bonchev–Trinajstić information content (AvgIpc) is 2.74. The minimum absolute atomic E-state index is 0.230. The van der Waals surface area contributed by atoms with Crippen molar-refractivity contribution in [3.63, 3.8) is 0 Å². The number of aliphatic hydroxyl groups is 1. The van der Waals surface area contributed by atoms with Crippen molar-refractivity contribution in [1.82, 2.24) is 4.57 Å². The maximum Gasteiger partial charge on any atom is 0.374 e. The smallest absolute Gasteiger partial charge is 0.374 e. The van der Waals surface area contributed by atoms with E-state index < -0.39 is 17.7 Å². The van der Waals surface area contributed by atoms with Crippen molar-refractivity contribution < 1.29 is 24.2 Å². The van der Waals surface area contributed by atoms with E-state index in [9.17, 15) is 14.7 Å². The first-order valence-electron chi connectivity index (χ1n) is 4.74. The predicted octanol–water partition coefficient (Wildman–Crippen LogP) is 0.640. The Kier molecular flexibility index (Phi) is 3.92. The summed E-state index contributed by atoms with van der Waals surface area (Å²) in [6.45, 7) is 0. The van der Waals surface area contributed by atoms with Crippen LogP contribution in [0.25, 0.3) is 5.57 Å². The fraction of sp³-hybridized carbons (Fsp3) is 0.273. The molecule has 0 saturated heterocycles. The summed E-state index contributed by atoms with van der Waals surface area (Å²) in [6, 6.07) is 3.24. The molecular formula is C11H13NO5. The SMILES string of the molecule is COC(=O)/C(O)=C(\C(=O)OC)c1cccn1C. The van der Waals surface area contributed by atoms with Gasteiger partial charge in [-0.25, -0.2) is 9.59 Å². The minimum atomic E-state index is -0.994. The van der Waals surface area contributed by atoms with Crippen LogP contribution in [0.5, 0.6) is 0 Å². The number of hydrogen-bond donors (Lipinski definition) is 1. The Labute approximate surface area is 98.1 Å². The third kappa shape index (κ3) is 2.47. The quantitative estimate of drug-likeness (QED) is 0.476. The summed E-state index contributed by atoms with van der Waals surface area (Å²) < 4.78 is 10.5. The predicted molar refractivity (Wildman–Crippen MR) is 59.0 cm³/mol. The number of hydrogen-bond acceptors (Lipinski definition) is 5. The molecule has 0 fully saturated rings. The molecule has 1 heterocycles. The van der Waals surface area contributed by atoms with Gasteiger partial charge in [0.15, 0.2) is 0 Å². The second kappa shape index (κ2) is 5.20. The lowest BCUT2D eigenvalue weighted by atomic mass is 10.1. The summed E-state index contributed by atoms with van der Waals surface area (Å²) in [5.41, 5.74) is 0.131. The van der Waals surface area contributed by atoms with Crippen molar-refractivity contribution >= 4 is 17.5 Å². The Morgan fingerprint density at radius 2 is 1.82 bits per heavy atom. The molecule has 0 aliphatic rings. The summed E-state index contributed by atoms with van der Waals surface area (Å²) in [5.74, 6) is -2.58. The van der Waals surface area contributed by atoms with Crippen LogP contribution >= 0.6 is 0 Å². The summed E-state index contributed by atoms with van der Waals surface area (Å²) in [7, 11) is 3.94. The van der Waals surface area contributed by atoms with Crippen molar-refractivity contribution in [1.29, 1.82) is 0 Å². The second-order valence-corrected chi connectivity index (χ2v) is 3.21. The van der Waals surface area contributed by atoms with E-state index >= 15 is 0 Å². The van der Waals surface area contributed by atoms with Gasteiger partial charge in [0.2, 0.25) is 5.76 Å². The molecule has 0 unspecified atom stereocenters. The first kappa shape index (κ1) is 12.8. The molecule has 6 nitrogen and oxygen atoms in total. The number of nitrogens with zero attached hydrogens (tertiary/aromatic N) is 1. The third-order valence-corrected chi connectivity index (χ3v) is 2.20. The highest BCUT2D eigenvalue weighted by molar-refractivity contribution is 6.21. The molecule has 1 aromatic rings. The molecule has 0 spiro atoms. The van der Waals surface area contributed by atoms with Crippen LogP contribution in [0.15, 0.2) is 24.1 Å². The first-order valence-corrected chi connectivity index (χ1v) is 4.74. The highest BCUT2D eigenvalue weighted by atomic mass is 16.5. The topological polar surface area (TPSA) is 77.8 Å². The zero-order chi connectivity index (χ0) is 13.0. The number of aromatic nitrogens is 1. The van der Waals surface area contributed by atoms with Crippen LogP contribution in [0.3, 0.4) is 0 Å². The van der Waals surface area contributed by atoms with Gasteiger partial charge in [-0.3, -0.25) is 0 Å². The van der Waals surface area contributed by atoms with Gasteiger partial charge in [0.05, 0.1) is 19.9 Å². The highest BCUT2D eigenvalue weighted by Crippen LogP contribution is 2.20. The molecule has 0 aliphatic carbocycles. The van der Waals surface area contributed by atoms with Gasteiger partial charge in [-0.15, -0.1) is 0 Å². The second-order valence-electron chi connectivity index (χ2n) is 3.21. The van der Waals surface area contributed by atoms with Crippen LogP contribution in [-0.2, 0) is 26.1 Å². The number of methoxy groups -OCH3 is 2. The molecule has 0 saturated carbocycles. The summed E-state index contributed by atoms with van der Waals surface area (Å²) in [4.78, 5) is 22.8. The molecule has 17 heavy (non-hydrogen) atoms. The van der Waals surface area contributed by atoms with Crippen LogP contribution in [0.1, 0.15) is 5.69 Å². The van der Waals surface area contributed by atoms with E-state index in [1.807, 2.05) is 0 Å². The number of ether oxygens (including phenoxy) is 2. The minimum Gasteiger partial charge on any atom is -0.501 e. The fourth-order valence-electron chi connectivity index (χ4n) is 1.34. The van der Waals surface area contributed by atoms with Gasteiger partial charge in [-0.05, 0) is 12.1 Å². The third-order valence-electron chi connectivity index (χ3n) is 2.20. The lowest BCUT2D eigenvalue weighted by molar-refractivity contribution is -0.140. The monoisotopic (exact) mass is 239 g/mol. The van der Waals surface area contributed by atoms with Crippen LogP contribution < -0.4 is 0 Å². The lowest BCUT2D eigenvalue weighted by Crippen LogP contribution is -2.15. The Bertz CT molecular complexity index is 472. The Morgan fingerprint density at radius 3 is 2.24 bits per heavy atom. The van der Waals surface area contributed by atoms with Crippen LogP contribution in [0.4, 0.5) is 0 Å². The molecule has 0 radical (unpaired) electrons. The molecule has 1 rings (SSSR count). The number of carbonyl (C=O) groups excluding carboxylic acids is 2. The standard InChI is InChI=1S/C11H13NO5/c1-12-6-4-5-7(12)8(10(14)16-2)9(13)11(15)17-3/h4-6,13H,1-3H3/b9-8+. The molecule has 1 aromatic heterocycles. The number of aryl methyl sites for hydroxylation is 1. The van der Waals surface area contributed by atoms with Gasteiger partial charge < -0.3 is 19.1 Å². The first-order chi connectivity index (χ1) is 8.02. The van der Waals surface area contributed by atoms with Gasteiger partial charge >= 0.3 is 11.9 Å². The largest absolute Gasteiger partial charge is 0.501 e. The van der Waals surface area contributed by atoms with E-state index in [2.05, 4.69) is 9.47 Å². The molecule has 0 bridgehead atoms. The van der Waals surface area contributed by atoms with E-state index in [0.29, 0.717) is 5.69 Å². The van der Waals surface area contributed by atoms with Gasteiger partial charge in [0.1, 0.15) is 5.57 Å². The zero-order valence-corrected chi connectivity index (χ0v) is 9.76. The van der Waals surface area contributed by atoms with Crippen molar-refractivity contribution in [2.24, 2.45) is 7.05 Å².